The van der Waals surface area contributed by atoms with Crippen molar-refractivity contribution in [1.29, 1.82) is 0 Å². The van der Waals surface area contributed by atoms with Gasteiger partial charge in [-0.1, -0.05) is 30.3 Å². The highest BCUT2D eigenvalue weighted by Crippen LogP contribution is 2.44. The SMILES string of the molecule is COc1nc2cc(N3CCOCC3)ccc2n1C(=O)CCC1CC1Cc1ccccc1. The molecule has 2 heterocycles. The molecule has 1 saturated heterocycles. The number of carbonyl (C=O) groups excluding carboxylic acids is 1. The molecule has 0 bridgehead atoms. The Morgan fingerprint density at radius 3 is 2.71 bits per heavy atom. The number of hydrogen-bond acceptors (Lipinski definition) is 5. The van der Waals surface area contributed by atoms with Gasteiger partial charge in [0.15, 0.2) is 0 Å². The number of morpholine rings is 1. The molecule has 1 aliphatic carbocycles. The molecule has 6 heteroatoms. The number of carbonyl (C=O) groups is 1. The van der Waals surface area contributed by atoms with Gasteiger partial charge in [-0.15, -0.1) is 0 Å². The highest BCUT2D eigenvalue weighted by molar-refractivity contribution is 5.93. The normalized spacial score (nSPS) is 20.7. The summed E-state index contributed by atoms with van der Waals surface area (Å²) in [5, 5.41) is 0. The molecule has 6 nitrogen and oxygen atoms in total. The van der Waals surface area contributed by atoms with Crippen LogP contribution in [0.25, 0.3) is 11.0 Å². The average molecular weight is 420 g/mol. The number of anilines is 1. The zero-order chi connectivity index (χ0) is 21.2. The average Bonchev–Trinajstić information content (AvgIpc) is 3.45. The quantitative estimate of drug-likeness (QED) is 0.575. The third-order valence-electron chi connectivity index (χ3n) is 6.55. The van der Waals surface area contributed by atoms with Crippen LogP contribution in [0.1, 0.15) is 29.6 Å². The second-order valence-electron chi connectivity index (χ2n) is 8.58. The molecule has 1 saturated carbocycles. The van der Waals surface area contributed by atoms with Gasteiger partial charge in [0.05, 0.1) is 31.4 Å². The van der Waals surface area contributed by atoms with Gasteiger partial charge in [-0.3, -0.25) is 4.79 Å². The van der Waals surface area contributed by atoms with E-state index in [4.69, 9.17) is 9.47 Å². The van der Waals surface area contributed by atoms with Crippen LogP contribution in [0.5, 0.6) is 6.01 Å². The molecule has 0 N–H and O–H groups in total. The predicted octanol–water partition coefficient (Wildman–Crippen LogP) is 4.18. The van der Waals surface area contributed by atoms with Crippen molar-refractivity contribution in [3.05, 3.63) is 54.1 Å². The van der Waals surface area contributed by atoms with Crippen LogP contribution in [0.15, 0.2) is 48.5 Å². The topological polar surface area (TPSA) is 56.6 Å². The van der Waals surface area contributed by atoms with Gasteiger partial charge in [-0.2, -0.15) is 4.98 Å². The van der Waals surface area contributed by atoms with Gasteiger partial charge in [0.25, 0.3) is 0 Å². The van der Waals surface area contributed by atoms with Crippen LogP contribution in [0.4, 0.5) is 5.69 Å². The summed E-state index contributed by atoms with van der Waals surface area (Å²) in [5.41, 5.74) is 4.11. The molecule has 0 amide bonds. The molecule has 1 aromatic heterocycles. The molecule has 2 fully saturated rings. The van der Waals surface area contributed by atoms with Crippen molar-refractivity contribution in [3.63, 3.8) is 0 Å². The fourth-order valence-electron chi connectivity index (χ4n) is 4.69. The van der Waals surface area contributed by atoms with Gasteiger partial charge < -0.3 is 14.4 Å². The van der Waals surface area contributed by atoms with Crippen LogP contribution in [0, 0.1) is 11.8 Å². The number of hydrogen-bond donors (Lipinski definition) is 0. The third-order valence-corrected chi connectivity index (χ3v) is 6.55. The number of imidazole rings is 1. The summed E-state index contributed by atoms with van der Waals surface area (Å²) in [6.45, 7) is 3.21. The van der Waals surface area contributed by atoms with Gasteiger partial charge in [-0.05, 0) is 54.9 Å². The molecule has 5 rings (SSSR count). The molecule has 0 radical (unpaired) electrons. The third kappa shape index (κ3) is 4.30. The fraction of sp³-hybridized carbons (Fsp3) is 0.440. The summed E-state index contributed by atoms with van der Waals surface area (Å²) in [7, 11) is 1.57. The Labute approximate surface area is 182 Å². The molecule has 3 aromatic rings. The van der Waals surface area contributed by atoms with E-state index < -0.39 is 0 Å². The first kappa shape index (κ1) is 20.1. The second-order valence-corrected chi connectivity index (χ2v) is 8.58. The molecular weight excluding hydrogens is 390 g/mol. The van der Waals surface area contributed by atoms with Crippen molar-refractivity contribution in [2.45, 2.75) is 25.7 Å². The van der Waals surface area contributed by atoms with E-state index in [0.29, 0.717) is 24.3 Å². The summed E-state index contributed by atoms with van der Waals surface area (Å²) in [4.78, 5) is 20.0. The summed E-state index contributed by atoms with van der Waals surface area (Å²) in [5.74, 6) is 1.40. The van der Waals surface area contributed by atoms with E-state index in [0.717, 1.165) is 55.9 Å². The molecule has 2 atom stereocenters. The highest BCUT2D eigenvalue weighted by atomic mass is 16.5. The van der Waals surface area contributed by atoms with Crippen LogP contribution >= 0.6 is 0 Å². The van der Waals surface area contributed by atoms with Crippen molar-refractivity contribution in [3.8, 4) is 6.01 Å². The fourth-order valence-corrected chi connectivity index (χ4v) is 4.69. The number of nitrogens with zero attached hydrogens (tertiary/aromatic N) is 3. The molecule has 2 unspecified atom stereocenters. The van der Waals surface area contributed by atoms with E-state index >= 15 is 0 Å². The van der Waals surface area contributed by atoms with Crippen molar-refractivity contribution in [1.82, 2.24) is 9.55 Å². The molecule has 2 aliphatic rings. The summed E-state index contributed by atoms with van der Waals surface area (Å²) in [6.07, 6.45) is 3.77. The first-order chi connectivity index (χ1) is 15.2. The lowest BCUT2D eigenvalue weighted by Gasteiger charge is -2.28. The lowest BCUT2D eigenvalue weighted by Crippen LogP contribution is -2.36. The van der Waals surface area contributed by atoms with E-state index in [-0.39, 0.29) is 5.91 Å². The summed E-state index contributed by atoms with van der Waals surface area (Å²) < 4.78 is 12.5. The Morgan fingerprint density at radius 2 is 1.94 bits per heavy atom. The lowest BCUT2D eigenvalue weighted by atomic mass is 10.1. The Morgan fingerprint density at radius 1 is 1.13 bits per heavy atom. The van der Waals surface area contributed by atoms with Gasteiger partial charge in [0, 0.05) is 25.2 Å². The van der Waals surface area contributed by atoms with Crippen LogP contribution in [-0.2, 0) is 11.2 Å². The van der Waals surface area contributed by atoms with Crippen LogP contribution < -0.4 is 9.64 Å². The number of ether oxygens (including phenoxy) is 2. The standard InChI is InChI=1S/C25H29N3O3/c1-30-25-26-22-17-21(27-11-13-31-14-12-27)8-9-23(22)28(25)24(29)10-7-19-16-20(19)15-18-5-3-2-4-6-18/h2-6,8-9,17,19-20H,7,10-16H2,1H3. The lowest BCUT2D eigenvalue weighted by molar-refractivity contribution is 0.0891. The minimum atomic E-state index is 0.0591. The van der Waals surface area contributed by atoms with Crippen molar-refractivity contribution < 1.29 is 14.3 Å². The molecule has 2 aromatic carbocycles. The maximum absolute atomic E-state index is 13.1. The molecule has 31 heavy (non-hydrogen) atoms. The van der Waals surface area contributed by atoms with Crippen LogP contribution in [0.2, 0.25) is 0 Å². The molecular formula is C25H29N3O3. The van der Waals surface area contributed by atoms with Gasteiger partial charge in [0.2, 0.25) is 5.91 Å². The van der Waals surface area contributed by atoms with E-state index in [1.807, 2.05) is 12.1 Å². The zero-order valence-corrected chi connectivity index (χ0v) is 18.0. The van der Waals surface area contributed by atoms with Crippen molar-refractivity contribution in [2.75, 3.05) is 38.3 Å². The van der Waals surface area contributed by atoms with Gasteiger partial charge in [0.1, 0.15) is 0 Å². The predicted molar refractivity (Wildman–Crippen MR) is 121 cm³/mol. The monoisotopic (exact) mass is 419 g/mol. The maximum atomic E-state index is 13.1. The minimum absolute atomic E-state index is 0.0591. The highest BCUT2D eigenvalue weighted by Gasteiger charge is 2.36. The zero-order valence-electron chi connectivity index (χ0n) is 18.0. The van der Waals surface area contributed by atoms with Crippen LogP contribution in [-0.4, -0.2) is 48.9 Å². The number of rotatable bonds is 7. The Bertz CT molecular complexity index is 1060. The number of fused-ring (bicyclic) bond motifs is 1. The molecule has 0 spiro atoms. The number of methoxy groups -OCH3 is 1. The van der Waals surface area contributed by atoms with Gasteiger partial charge >= 0.3 is 6.01 Å². The molecule has 1 aliphatic heterocycles. The summed E-state index contributed by atoms with van der Waals surface area (Å²) in [6, 6.07) is 17.1. The minimum Gasteiger partial charge on any atom is -0.468 e. The van der Waals surface area contributed by atoms with Crippen molar-refractivity contribution >= 4 is 22.6 Å². The van der Waals surface area contributed by atoms with Crippen molar-refractivity contribution in [2.24, 2.45) is 11.8 Å². The maximum Gasteiger partial charge on any atom is 0.304 e. The van der Waals surface area contributed by atoms with Crippen LogP contribution in [0.3, 0.4) is 0 Å². The first-order valence-corrected chi connectivity index (χ1v) is 11.2. The van der Waals surface area contributed by atoms with E-state index in [1.54, 1.807) is 11.7 Å². The Kier molecular flexibility index (Phi) is 5.64. The van der Waals surface area contributed by atoms with E-state index in [9.17, 15) is 4.79 Å². The molecule has 162 valence electrons. The smallest absolute Gasteiger partial charge is 0.304 e. The van der Waals surface area contributed by atoms with Gasteiger partial charge in [-0.25, -0.2) is 4.57 Å². The van der Waals surface area contributed by atoms with E-state index in [1.165, 1.54) is 12.0 Å². The Balaban J connectivity index is 1.26. The number of aromatic nitrogens is 2. The first-order valence-electron chi connectivity index (χ1n) is 11.2. The number of benzene rings is 2. The Hall–Kier alpha value is -2.86. The second kappa shape index (κ2) is 8.71. The largest absolute Gasteiger partial charge is 0.468 e. The summed E-state index contributed by atoms with van der Waals surface area (Å²) >= 11 is 0. The van der Waals surface area contributed by atoms with E-state index in [2.05, 4.69) is 46.3 Å².